The summed E-state index contributed by atoms with van der Waals surface area (Å²) in [5.41, 5.74) is 4.47. The van der Waals surface area contributed by atoms with Crippen molar-refractivity contribution < 1.29 is 9.90 Å². The highest BCUT2D eigenvalue weighted by Gasteiger charge is 2.13. The lowest BCUT2D eigenvalue weighted by Crippen LogP contribution is -2.00. The van der Waals surface area contributed by atoms with E-state index in [9.17, 15) is 4.79 Å². The molecule has 2 rings (SSSR count). The van der Waals surface area contributed by atoms with Crippen LogP contribution in [0.4, 0.5) is 0 Å². The SMILES string of the molecule is Cc1cc2c(CC(=O)O)cn(C(C)C)c2cc1C. The number of carboxylic acids is 1. The summed E-state index contributed by atoms with van der Waals surface area (Å²) in [6, 6.07) is 4.58. The zero-order chi connectivity index (χ0) is 13.4. The number of benzene rings is 1. The van der Waals surface area contributed by atoms with E-state index in [4.69, 9.17) is 5.11 Å². The number of rotatable bonds is 3. The van der Waals surface area contributed by atoms with Crippen LogP contribution < -0.4 is 0 Å². The van der Waals surface area contributed by atoms with Crippen LogP contribution in [0, 0.1) is 13.8 Å². The Labute approximate surface area is 107 Å². The van der Waals surface area contributed by atoms with Crippen molar-refractivity contribution in [1.82, 2.24) is 4.57 Å². The standard InChI is InChI=1S/C15H19NO2/c1-9(2)16-8-12(7-15(17)18)13-5-10(3)11(4)6-14(13)16/h5-6,8-9H,7H2,1-4H3,(H,17,18). The molecule has 1 aromatic heterocycles. The van der Waals surface area contributed by atoms with Crippen LogP contribution in [-0.2, 0) is 11.2 Å². The highest BCUT2D eigenvalue weighted by atomic mass is 16.4. The van der Waals surface area contributed by atoms with Gasteiger partial charge in [0.25, 0.3) is 0 Å². The quantitative estimate of drug-likeness (QED) is 0.899. The number of aromatic nitrogens is 1. The molecule has 0 fully saturated rings. The second kappa shape index (κ2) is 4.48. The lowest BCUT2D eigenvalue weighted by atomic mass is 10.0. The summed E-state index contributed by atoms with van der Waals surface area (Å²) in [5, 5.41) is 10.1. The van der Waals surface area contributed by atoms with Crippen LogP contribution in [0.2, 0.25) is 0 Å². The molecular weight excluding hydrogens is 226 g/mol. The Morgan fingerprint density at radius 2 is 1.89 bits per heavy atom. The largest absolute Gasteiger partial charge is 0.481 e. The first-order valence-electron chi connectivity index (χ1n) is 6.22. The summed E-state index contributed by atoms with van der Waals surface area (Å²) < 4.78 is 2.15. The molecule has 1 N–H and O–H groups in total. The van der Waals surface area contributed by atoms with Crippen LogP contribution in [0.1, 0.15) is 36.6 Å². The van der Waals surface area contributed by atoms with Crippen LogP contribution in [0.15, 0.2) is 18.3 Å². The highest BCUT2D eigenvalue weighted by molar-refractivity contribution is 5.88. The number of hydrogen-bond acceptors (Lipinski definition) is 1. The molecule has 0 unspecified atom stereocenters. The van der Waals surface area contributed by atoms with Gasteiger partial charge in [0.15, 0.2) is 0 Å². The van der Waals surface area contributed by atoms with Crippen molar-refractivity contribution in [2.24, 2.45) is 0 Å². The van der Waals surface area contributed by atoms with Crippen molar-refractivity contribution in [2.45, 2.75) is 40.2 Å². The van der Waals surface area contributed by atoms with Crippen LogP contribution in [0.25, 0.3) is 10.9 Å². The number of nitrogens with zero attached hydrogens (tertiary/aromatic N) is 1. The number of carboxylic acid groups (broad SMARTS) is 1. The van der Waals surface area contributed by atoms with Crippen molar-refractivity contribution in [2.75, 3.05) is 0 Å². The van der Waals surface area contributed by atoms with E-state index in [1.807, 2.05) is 6.20 Å². The van der Waals surface area contributed by atoms with Crippen molar-refractivity contribution >= 4 is 16.9 Å². The van der Waals surface area contributed by atoms with E-state index in [-0.39, 0.29) is 6.42 Å². The van der Waals surface area contributed by atoms with E-state index in [1.54, 1.807) is 0 Å². The average molecular weight is 245 g/mol. The Morgan fingerprint density at radius 1 is 1.28 bits per heavy atom. The third-order valence-corrected chi connectivity index (χ3v) is 3.43. The van der Waals surface area contributed by atoms with Crippen molar-refractivity contribution in [3.63, 3.8) is 0 Å². The summed E-state index contributed by atoms with van der Waals surface area (Å²) in [5.74, 6) is -0.781. The molecule has 0 saturated carbocycles. The van der Waals surface area contributed by atoms with Crippen LogP contribution in [0.3, 0.4) is 0 Å². The first-order chi connectivity index (χ1) is 8.40. The summed E-state index contributed by atoms with van der Waals surface area (Å²) in [6.07, 6.45) is 2.06. The Bertz CT molecular complexity index is 608. The predicted octanol–water partition coefficient (Wildman–Crippen LogP) is 3.47. The second-order valence-electron chi connectivity index (χ2n) is 5.18. The summed E-state index contributed by atoms with van der Waals surface area (Å²) in [7, 11) is 0. The van der Waals surface area contributed by atoms with E-state index < -0.39 is 5.97 Å². The molecule has 0 spiro atoms. The Kier molecular flexibility index (Phi) is 3.16. The van der Waals surface area contributed by atoms with Gasteiger partial charge < -0.3 is 9.67 Å². The molecule has 3 nitrogen and oxygen atoms in total. The van der Waals surface area contributed by atoms with Gasteiger partial charge in [-0.1, -0.05) is 0 Å². The van der Waals surface area contributed by atoms with Gasteiger partial charge in [0.05, 0.1) is 6.42 Å². The van der Waals surface area contributed by atoms with Gasteiger partial charge in [-0.2, -0.15) is 0 Å². The third-order valence-electron chi connectivity index (χ3n) is 3.43. The predicted molar refractivity (Wildman–Crippen MR) is 73.1 cm³/mol. The maximum Gasteiger partial charge on any atom is 0.307 e. The Morgan fingerprint density at radius 3 is 2.44 bits per heavy atom. The normalized spacial score (nSPS) is 11.4. The minimum Gasteiger partial charge on any atom is -0.481 e. The fourth-order valence-electron chi connectivity index (χ4n) is 2.31. The monoisotopic (exact) mass is 245 g/mol. The number of fused-ring (bicyclic) bond motifs is 1. The van der Waals surface area contributed by atoms with E-state index in [0.29, 0.717) is 6.04 Å². The zero-order valence-corrected chi connectivity index (χ0v) is 11.3. The molecular formula is C15H19NO2. The van der Waals surface area contributed by atoms with Gasteiger partial charge in [-0.25, -0.2) is 0 Å². The van der Waals surface area contributed by atoms with Crippen LogP contribution in [0.5, 0.6) is 0 Å². The number of aryl methyl sites for hydroxylation is 2. The van der Waals surface area contributed by atoms with Gasteiger partial charge in [-0.05, 0) is 56.5 Å². The van der Waals surface area contributed by atoms with Crippen molar-refractivity contribution in [1.29, 1.82) is 0 Å². The molecule has 2 aromatic rings. The van der Waals surface area contributed by atoms with E-state index >= 15 is 0 Å². The minimum absolute atomic E-state index is 0.0821. The maximum atomic E-state index is 10.9. The molecule has 0 bridgehead atoms. The molecule has 18 heavy (non-hydrogen) atoms. The third kappa shape index (κ3) is 2.13. The van der Waals surface area contributed by atoms with Gasteiger partial charge in [-0.3, -0.25) is 4.79 Å². The molecule has 0 amide bonds. The maximum absolute atomic E-state index is 10.9. The Hall–Kier alpha value is -1.77. The van der Waals surface area contributed by atoms with E-state index in [2.05, 4.69) is 44.4 Å². The molecule has 1 heterocycles. The number of hydrogen-bond donors (Lipinski definition) is 1. The lowest BCUT2D eigenvalue weighted by Gasteiger charge is -2.10. The molecule has 0 saturated heterocycles. The smallest absolute Gasteiger partial charge is 0.307 e. The molecule has 0 atom stereocenters. The fraction of sp³-hybridized carbons (Fsp3) is 0.400. The zero-order valence-electron chi connectivity index (χ0n) is 11.3. The van der Waals surface area contributed by atoms with Crippen molar-refractivity contribution in [3.05, 3.63) is 35.0 Å². The molecule has 3 heteroatoms. The summed E-state index contributed by atoms with van der Waals surface area (Å²) >= 11 is 0. The van der Waals surface area contributed by atoms with Gasteiger partial charge in [0, 0.05) is 23.1 Å². The van der Waals surface area contributed by atoms with Gasteiger partial charge in [0.2, 0.25) is 0 Å². The molecule has 0 aliphatic rings. The van der Waals surface area contributed by atoms with E-state index in [0.717, 1.165) is 16.5 Å². The molecule has 0 radical (unpaired) electrons. The van der Waals surface area contributed by atoms with Crippen LogP contribution in [-0.4, -0.2) is 15.6 Å². The molecule has 96 valence electrons. The highest BCUT2D eigenvalue weighted by Crippen LogP contribution is 2.28. The first-order valence-corrected chi connectivity index (χ1v) is 6.22. The van der Waals surface area contributed by atoms with Crippen molar-refractivity contribution in [3.8, 4) is 0 Å². The molecule has 1 aromatic carbocycles. The van der Waals surface area contributed by atoms with Gasteiger partial charge in [-0.15, -0.1) is 0 Å². The van der Waals surface area contributed by atoms with Crippen LogP contribution >= 0.6 is 0 Å². The molecule has 0 aliphatic carbocycles. The minimum atomic E-state index is -0.781. The fourth-order valence-corrected chi connectivity index (χ4v) is 2.31. The second-order valence-corrected chi connectivity index (χ2v) is 5.18. The summed E-state index contributed by atoms with van der Waals surface area (Å²) in [6.45, 7) is 8.37. The van der Waals surface area contributed by atoms with E-state index in [1.165, 1.54) is 11.1 Å². The molecule has 0 aliphatic heterocycles. The average Bonchev–Trinajstić information content (AvgIpc) is 2.57. The first kappa shape index (κ1) is 12.7. The summed E-state index contributed by atoms with van der Waals surface area (Å²) in [4.78, 5) is 10.9. The number of carbonyl (C=O) groups is 1. The lowest BCUT2D eigenvalue weighted by molar-refractivity contribution is -0.136. The number of aliphatic carboxylic acids is 1. The topological polar surface area (TPSA) is 42.2 Å². The Balaban J connectivity index is 2.72. The van der Waals surface area contributed by atoms with Gasteiger partial charge in [0.1, 0.15) is 0 Å². The van der Waals surface area contributed by atoms with Gasteiger partial charge >= 0.3 is 5.97 Å².